The Kier molecular flexibility index (Phi) is 6.49. The van der Waals surface area contributed by atoms with E-state index in [1.807, 2.05) is 62.4 Å². The zero-order valence-corrected chi connectivity index (χ0v) is 17.0. The van der Waals surface area contributed by atoms with Crippen molar-refractivity contribution >= 4 is 28.1 Å². The third kappa shape index (κ3) is 5.46. The number of ether oxygens (including phenoxy) is 1. The lowest BCUT2D eigenvalue weighted by atomic mass is 10.2. The quantitative estimate of drug-likeness (QED) is 0.448. The SMILES string of the molecule is CC(C)Oc1ccc(Br)cc1/C=N\NC(=O)Cn1nnc(-c2ccccc2)n1. The van der Waals surface area contributed by atoms with Gasteiger partial charge in [-0.25, -0.2) is 5.43 Å². The van der Waals surface area contributed by atoms with Crippen LogP contribution in [0.5, 0.6) is 5.75 Å². The third-order valence-corrected chi connectivity index (χ3v) is 3.99. The summed E-state index contributed by atoms with van der Waals surface area (Å²) in [6.07, 6.45) is 1.56. The van der Waals surface area contributed by atoms with E-state index in [9.17, 15) is 4.79 Å². The maximum absolute atomic E-state index is 12.1. The molecule has 28 heavy (non-hydrogen) atoms. The molecule has 8 nitrogen and oxygen atoms in total. The normalized spacial score (nSPS) is 11.1. The second kappa shape index (κ2) is 9.23. The van der Waals surface area contributed by atoms with Crippen molar-refractivity contribution in [1.29, 1.82) is 0 Å². The van der Waals surface area contributed by atoms with Crippen LogP contribution >= 0.6 is 15.9 Å². The molecule has 9 heteroatoms. The first kappa shape index (κ1) is 19.7. The van der Waals surface area contributed by atoms with E-state index in [2.05, 4.69) is 41.9 Å². The van der Waals surface area contributed by atoms with E-state index in [1.165, 1.54) is 11.0 Å². The van der Waals surface area contributed by atoms with E-state index >= 15 is 0 Å². The van der Waals surface area contributed by atoms with Crippen LogP contribution in [-0.2, 0) is 11.3 Å². The van der Waals surface area contributed by atoms with Crippen LogP contribution in [0.2, 0.25) is 0 Å². The van der Waals surface area contributed by atoms with Crippen molar-refractivity contribution in [2.45, 2.75) is 26.5 Å². The number of carbonyl (C=O) groups is 1. The molecule has 3 aromatic rings. The largest absolute Gasteiger partial charge is 0.490 e. The lowest BCUT2D eigenvalue weighted by Gasteiger charge is -2.12. The Morgan fingerprint density at radius 2 is 2.07 bits per heavy atom. The second-order valence-electron chi connectivity index (χ2n) is 6.15. The standard InChI is InChI=1S/C19H19BrN6O2/c1-13(2)28-17-9-8-16(20)10-15(17)11-21-22-18(27)12-26-24-19(23-25-26)14-6-4-3-5-7-14/h3-11,13H,12H2,1-2H3,(H,22,27)/b21-11-. The Morgan fingerprint density at radius 3 is 2.82 bits per heavy atom. The molecule has 0 bridgehead atoms. The number of rotatable bonds is 7. The van der Waals surface area contributed by atoms with Crippen molar-refractivity contribution in [3.63, 3.8) is 0 Å². The van der Waals surface area contributed by atoms with Gasteiger partial charge >= 0.3 is 0 Å². The summed E-state index contributed by atoms with van der Waals surface area (Å²) in [7, 11) is 0. The molecule has 1 heterocycles. The Hall–Kier alpha value is -3.07. The van der Waals surface area contributed by atoms with Gasteiger partial charge in [-0.2, -0.15) is 9.90 Å². The van der Waals surface area contributed by atoms with Gasteiger partial charge in [0.2, 0.25) is 5.82 Å². The van der Waals surface area contributed by atoms with Crippen LogP contribution in [0, 0.1) is 0 Å². The molecule has 1 aromatic heterocycles. The van der Waals surface area contributed by atoms with Gasteiger partial charge in [0.05, 0.1) is 12.3 Å². The van der Waals surface area contributed by atoms with Crippen LogP contribution in [0.25, 0.3) is 11.4 Å². The average Bonchev–Trinajstić information content (AvgIpc) is 3.12. The van der Waals surface area contributed by atoms with Gasteiger partial charge in [0.15, 0.2) is 0 Å². The summed E-state index contributed by atoms with van der Waals surface area (Å²) < 4.78 is 6.63. The smallest absolute Gasteiger partial charge is 0.263 e. The lowest BCUT2D eigenvalue weighted by Crippen LogP contribution is -2.24. The number of hydrogen-bond acceptors (Lipinski definition) is 6. The number of nitrogens with one attached hydrogen (secondary N) is 1. The van der Waals surface area contributed by atoms with Crippen molar-refractivity contribution in [2.75, 3.05) is 0 Å². The second-order valence-corrected chi connectivity index (χ2v) is 7.07. The maximum Gasteiger partial charge on any atom is 0.263 e. The summed E-state index contributed by atoms with van der Waals surface area (Å²) in [6.45, 7) is 3.80. The van der Waals surface area contributed by atoms with Crippen molar-refractivity contribution in [3.8, 4) is 17.1 Å². The van der Waals surface area contributed by atoms with Gasteiger partial charge in [-0.3, -0.25) is 4.79 Å². The number of aromatic nitrogens is 4. The lowest BCUT2D eigenvalue weighted by molar-refractivity contribution is -0.122. The molecule has 2 aromatic carbocycles. The molecule has 3 rings (SSSR count). The van der Waals surface area contributed by atoms with E-state index in [0.29, 0.717) is 11.6 Å². The highest BCUT2D eigenvalue weighted by Gasteiger charge is 2.09. The summed E-state index contributed by atoms with van der Waals surface area (Å²) in [5.41, 5.74) is 4.04. The molecular formula is C19H19BrN6O2. The van der Waals surface area contributed by atoms with Gasteiger partial charge in [-0.1, -0.05) is 46.3 Å². The molecule has 0 unspecified atom stereocenters. The van der Waals surface area contributed by atoms with E-state index in [1.54, 1.807) is 0 Å². The Morgan fingerprint density at radius 1 is 1.29 bits per heavy atom. The fraction of sp³-hybridized carbons (Fsp3) is 0.211. The number of amides is 1. The van der Waals surface area contributed by atoms with Crippen LogP contribution < -0.4 is 10.2 Å². The fourth-order valence-electron chi connectivity index (χ4n) is 2.33. The first-order valence-electron chi connectivity index (χ1n) is 8.62. The summed E-state index contributed by atoms with van der Waals surface area (Å²) in [5, 5.41) is 16.0. The van der Waals surface area contributed by atoms with Crippen molar-refractivity contribution in [2.24, 2.45) is 5.10 Å². The zero-order valence-electron chi connectivity index (χ0n) is 15.4. The minimum Gasteiger partial charge on any atom is -0.490 e. The monoisotopic (exact) mass is 442 g/mol. The van der Waals surface area contributed by atoms with Gasteiger partial charge in [0.25, 0.3) is 5.91 Å². The van der Waals surface area contributed by atoms with Gasteiger partial charge in [-0.05, 0) is 37.3 Å². The first-order chi connectivity index (χ1) is 13.5. The van der Waals surface area contributed by atoms with Crippen LogP contribution in [-0.4, -0.2) is 38.4 Å². The summed E-state index contributed by atoms with van der Waals surface area (Å²) in [4.78, 5) is 13.3. The predicted octanol–water partition coefficient (Wildman–Crippen LogP) is 3.04. The van der Waals surface area contributed by atoms with Crippen LogP contribution in [0.3, 0.4) is 0 Å². The molecule has 0 aliphatic heterocycles. The summed E-state index contributed by atoms with van der Waals surface area (Å²) >= 11 is 3.42. The molecule has 1 amide bonds. The number of hydrazone groups is 1. The molecule has 0 atom stereocenters. The molecule has 1 N–H and O–H groups in total. The van der Waals surface area contributed by atoms with E-state index < -0.39 is 0 Å². The topological polar surface area (TPSA) is 94.3 Å². The molecule has 0 aliphatic carbocycles. The average molecular weight is 443 g/mol. The Balaban J connectivity index is 1.60. The highest BCUT2D eigenvalue weighted by atomic mass is 79.9. The van der Waals surface area contributed by atoms with E-state index in [-0.39, 0.29) is 18.6 Å². The molecular weight excluding hydrogens is 424 g/mol. The summed E-state index contributed by atoms with van der Waals surface area (Å²) in [6, 6.07) is 15.0. The molecule has 0 radical (unpaired) electrons. The Bertz CT molecular complexity index is 972. The predicted molar refractivity (Wildman–Crippen MR) is 109 cm³/mol. The number of tetrazole rings is 1. The number of hydrogen-bond donors (Lipinski definition) is 1. The van der Waals surface area contributed by atoms with Crippen LogP contribution in [0.1, 0.15) is 19.4 Å². The molecule has 0 fully saturated rings. The van der Waals surface area contributed by atoms with Crippen molar-refractivity contribution in [1.82, 2.24) is 25.6 Å². The zero-order chi connectivity index (χ0) is 19.9. The van der Waals surface area contributed by atoms with E-state index in [0.717, 1.165) is 15.6 Å². The Labute approximate surface area is 170 Å². The van der Waals surface area contributed by atoms with Crippen molar-refractivity contribution < 1.29 is 9.53 Å². The third-order valence-electron chi connectivity index (χ3n) is 3.50. The summed E-state index contributed by atoms with van der Waals surface area (Å²) in [5.74, 6) is 0.776. The minimum atomic E-state index is -0.366. The molecule has 144 valence electrons. The number of benzene rings is 2. The number of carbonyl (C=O) groups excluding carboxylic acids is 1. The fourth-order valence-corrected chi connectivity index (χ4v) is 2.71. The van der Waals surface area contributed by atoms with Gasteiger partial charge in [0, 0.05) is 15.6 Å². The van der Waals surface area contributed by atoms with Gasteiger partial charge in [-0.15, -0.1) is 10.2 Å². The highest BCUT2D eigenvalue weighted by Crippen LogP contribution is 2.22. The van der Waals surface area contributed by atoms with Crippen LogP contribution in [0.15, 0.2) is 58.1 Å². The van der Waals surface area contributed by atoms with Crippen LogP contribution in [0.4, 0.5) is 0 Å². The van der Waals surface area contributed by atoms with Gasteiger partial charge in [0.1, 0.15) is 12.3 Å². The minimum absolute atomic E-state index is 0.0279. The van der Waals surface area contributed by atoms with Crippen molar-refractivity contribution in [3.05, 3.63) is 58.6 Å². The molecule has 0 saturated carbocycles. The first-order valence-corrected chi connectivity index (χ1v) is 9.42. The van der Waals surface area contributed by atoms with Gasteiger partial charge < -0.3 is 4.74 Å². The highest BCUT2D eigenvalue weighted by molar-refractivity contribution is 9.10. The number of halogens is 1. The molecule has 0 aliphatic rings. The molecule has 0 spiro atoms. The number of nitrogens with zero attached hydrogens (tertiary/aromatic N) is 5. The molecule has 0 saturated heterocycles. The maximum atomic E-state index is 12.1. The van der Waals surface area contributed by atoms with E-state index in [4.69, 9.17) is 4.74 Å².